The lowest BCUT2D eigenvalue weighted by Gasteiger charge is -2.32. The standard InChI is InChI=1S/C24H14F9IO3S/c25-21(26,23(29,30)31)22(27,28)24(32,33)38(35,36)37-34(19-13-5-9-15-7-1-3-11-17(15)19)20-14-6-10-16-8-2-4-12-18(16)20/h1-14H/q+1. The van der Waals surface area contributed by atoms with Crippen LogP contribution in [0.2, 0.25) is 0 Å². The summed E-state index contributed by atoms with van der Waals surface area (Å²) in [5.74, 6) is -14.8. The summed E-state index contributed by atoms with van der Waals surface area (Å²) in [4.78, 5) is 0. The van der Waals surface area contributed by atoms with Crippen molar-refractivity contribution >= 4 is 31.7 Å². The predicted octanol–water partition coefficient (Wildman–Crippen LogP) is 4.34. The van der Waals surface area contributed by atoms with Gasteiger partial charge < -0.3 is 0 Å². The van der Waals surface area contributed by atoms with Crippen LogP contribution >= 0.6 is 0 Å². The quantitative estimate of drug-likeness (QED) is 0.216. The lowest BCUT2D eigenvalue weighted by Crippen LogP contribution is -3.85. The van der Waals surface area contributed by atoms with Crippen LogP contribution in [0.4, 0.5) is 39.5 Å². The molecule has 1 radical (unpaired) electrons. The van der Waals surface area contributed by atoms with E-state index in [2.05, 4.69) is 2.51 Å². The van der Waals surface area contributed by atoms with Crippen LogP contribution in [0, 0.1) is 7.14 Å². The van der Waals surface area contributed by atoms with E-state index in [0.717, 1.165) is 0 Å². The maximum absolute atomic E-state index is 14.6. The predicted molar refractivity (Wildman–Crippen MR) is 116 cm³/mol. The Labute approximate surface area is 217 Å². The van der Waals surface area contributed by atoms with E-state index in [9.17, 15) is 47.9 Å². The molecular formula is C24H14F9IO3S+. The molecule has 3 nitrogen and oxygen atoms in total. The summed E-state index contributed by atoms with van der Waals surface area (Å²) in [6.45, 7) is 0. The van der Waals surface area contributed by atoms with Crippen molar-refractivity contribution in [1.29, 1.82) is 0 Å². The van der Waals surface area contributed by atoms with Crippen LogP contribution in [0.5, 0.6) is 0 Å². The first-order valence-electron chi connectivity index (χ1n) is 10.3. The minimum atomic E-state index is -7.39. The molecule has 0 amide bonds. The average molecular weight is 680 g/mol. The van der Waals surface area contributed by atoms with Gasteiger partial charge in [-0.25, -0.2) is 0 Å². The summed E-state index contributed by atoms with van der Waals surface area (Å²) >= 11 is -4.32. The van der Waals surface area contributed by atoms with Gasteiger partial charge in [0.25, 0.3) is 0 Å². The number of halogens is 10. The Kier molecular flexibility index (Phi) is 7.14. The van der Waals surface area contributed by atoms with Gasteiger partial charge in [0.1, 0.15) is 0 Å². The smallest absolute Gasteiger partial charge is 0.191 e. The Hall–Kier alpha value is -2.59. The molecule has 0 heterocycles. The molecule has 4 aromatic carbocycles. The third-order valence-electron chi connectivity index (χ3n) is 5.42. The molecule has 0 unspecified atom stereocenters. The normalized spacial score (nSPS) is 13.9. The Morgan fingerprint density at radius 2 is 0.947 bits per heavy atom. The topological polar surface area (TPSA) is 43.4 Å². The molecule has 0 spiro atoms. The maximum Gasteiger partial charge on any atom is 0.460 e. The van der Waals surface area contributed by atoms with Crippen LogP contribution in [0.1, 0.15) is 0 Å². The van der Waals surface area contributed by atoms with E-state index in [1.807, 2.05) is 0 Å². The van der Waals surface area contributed by atoms with Gasteiger partial charge in [0.05, 0.1) is 0 Å². The van der Waals surface area contributed by atoms with Crippen molar-refractivity contribution in [1.82, 2.24) is 0 Å². The Morgan fingerprint density at radius 1 is 0.553 bits per heavy atom. The van der Waals surface area contributed by atoms with E-state index in [4.69, 9.17) is 0 Å². The number of hydrogen-bond acceptors (Lipinski definition) is 3. The van der Waals surface area contributed by atoms with Gasteiger partial charge in [-0.05, 0) is 37.6 Å². The minimum absolute atomic E-state index is 0.00826. The van der Waals surface area contributed by atoms with Gasteiger partial charge in [-0.3, -0.25) is 0 Å². The van der Waals surface area contributed by atoms with Gasteiger partial charge in [-0.15, -0.1) is 0 Å². The minimum Gasteiger partial charge on any atom is -0.191 e. The van der Waals surface area contributed by atoms with Crippen molar-refractivity contribution < 1.29 is 70.7 Å². The van der Waals surface area contributed by atoms with Gasteiger partial charge in [-0.2, -0.15) is 47.9 Å². The second kappa shape index (κ2) is 9.55. The molecule has 4 aromatic rings. The molecule has 0 aliphatic rings. The summed E-state index contributed by atoms with van der Waals surface area (Å²) in [6, 6.07) is 20.9. The summed E-state index contributed by atoms with van der Waals surface area (Å²) in [5, 5.41) is -5.41. The Bertz CT molecular complexity index is 1520. The second-order valence-corrected chi connectivity index (χ2v) is 14.2. The zero-order chi connectivity index (χ0) is 28.1. The average Bonchev–Trinajstić information content (AvgIpc) is 2.85. The van der Waals surface area contributed by atoms with Crippen LogP contribution in [-0.2, 0) is 12.6 Å². The van der Waals surface area contributed by atoms with E-state index >= 15 is 0 Å². The fraction of sp³-hybridized carbons (Fsp3) is 0.167. The molecule has 0 aromatic heterocycles. The summed E-state index contributed by atoms with van der Waals surface area (Å²) in [5.41, 5.74) is 0. The molecule has 0 atom stereocenters. The summed E-state index contributed by atoms with van der Waals surface area (Å²) in [6.07, 6.45) is -7.18. The highest BCUT2D eigenvalue weighted by atomic mass is 127. The number of benzene rings is 4. The van der Waals surface area contributed by atoms with Crippen molar-refractivity contribution in [3.8, 4) is 0 Å². The molecular weight excluding hydrogens is 666 g/mol. The lowest BCUT2D eigenvalue weighted by molar-refractivity contribution is -1.03. The summed E-state index contributed by atoms with van der Waals surface area (Å²) in [7, 11) is -7.09. The first kappa shape index (κ1) is 28.4. The van der Waals surface area contributed by atoms with Crippen molar-refractivity contribution in [2.45, 2.75) is 23.3 Å². The lowest BCUT2D eigenvalue weighted by atomic mass is 10.1. The van der Waals surface area contributed by atoms with Gasteiger partial charge >= 0.3 is 53.6 Å². The van der Waals surface area contributed by atoms with E-state index in [1.54, 1.807) is 36.4 Å². The molecule has 14 heteroatoms. The zero-order valence-corrected chi connectivity index (χ0v) is 21.5. The third kappa shape index (κ3) is 4.49. The first-order chi connectivity index (χ1) is 17.5. The monoisotopic (exact) mass is 680 g/mol. The Balaban J connectivity index is 1.94. The molecule has 0 N–H and O–H groups in total. The van der Waals surface area contributed by atoms with Crippen LogP contribution in [0.25, 0.3) is 21.5 Å². The molecule has 0 saturated carbocycles. The van der Waals surface area contributed by atoms with Crippen LogP contribution in [-0.4, -0.2) is 31.7 Å². The van der Waals surface area contributed by atoms with Crippen LogP contribution < -0.4 is 20.2 Å². The number of alkyl halides is 9. The second-order valence-electron chi connectivity index (χ2n) is 7.85. The van der Waals surface area contributed by atoms with E-state index < -0.39 is 53.6 Å². The first-order valence-corrected chi connectivity index (χ1v) is 14.8. The highest BCUT2D eigenvalue weighted by Crippen LogP contribution is 2.54. The van der Waals surface area contributed by atoms with Gasteiger partial charge in [0.15, 0.2) is 7.14 Å². The third-order valence-corrected chi connectivity index (χ3v) is 13.1. The molecule has 0 fully saturated rings. The fourth-order valence-electron chi connectivity index (χ4n) is 3.49. The van der Waals surface area contributed by atoms with Crippen molar-refractivity contribution in [2.24, 2.45) is 0 Å². The number of hydrogen-bond donors (Lipinski definition) is 0. The summed E-state index contributed by atoms with van der Waals surface area (Å²) < 4.78 is 152. The van der Waals surface area contributed by atoms with E-state index in [1.165, 1.54) is 48.5 Å². The van der Waals surface area contributed by atoms with Crippen molar-refractivity contribution in [3.05, 3.63) is 92.1 Å². The molecule has 4 rings (SSSR count). The number of rotatable bonds is 7. The van der Waals surface area contributed by atoms with Gasteiger partial charge in [-0.1, -0.05) is 60.7 Å². The van der Waals surface area contributed by atoms with Crippen molar-refractivity contribution in [3.63, 3.8) is 0 Å². The molecule has 38 heavy (non-hydrogen) atoms. The van der Waals surface area contributed by atoms with Crippen LogP contribution in [0.15, 0.2) is 84.9 Å². The largest absolute Gasteiger partial charge is 0.460 e. The Morgan fingerprint density at radius 3 is 1.37 bits per heavy atom. The molecule has 0 saturated heterocycles. The molecule has 0 bridgehead atoms. The molecule has 0 aliphatic heterocycles. The van der Waals surface area contributed by atoms with Crippen LogP contribution in [0.3, 0.4) is 0 Å². The van der Waals surface area contributed by atoms with E-state index in [0.29, 0.717) is 21.5 Å². The zero-order valence-electron chi connectivity index (χ0n) is 18.5. The fourth-order valence-corrected chi connectivity index (χ4v) is 11.3. The highest BCUT2D eigenvalue weighted by Gasteiger charge is 2.86. The number of fused-ring (bicyclic) bond motifs is 2. The van der Waals surface area contributed by atoms with Crippen molar-refractivity contribution in [2.75, 3.05) is 0 Å². The molecule has 0 aliphatic carbocycles. The maximum atomic E-state index is 14.6. The SMILES string of the molecule is O=S(=O)(O[I+](c1cccc2ccccc12)c1cccc2ccccc12)C(F)(F)C(F)(F)C(F)(F)C(F)(F)F. The highest BCUT2D eigenvalue weighted by molar-refractivity contribution is 7.87. The van der Waals surface area contributed by atoms with Gasteiger partial charge in [0, 0.05) is 10.8 Å². The molecule has 203 valence electrons. The van der Waals surface area contributed by atoms with E-state index in [-0.39, 0.29) is 7.14 Å². The van der Waals surface area contributed by atoms with Gasteiger partial charge in [0.2, 0.25) is 0 Å².